The summed E-state index contributed by atoms with van der Waals surface area (Å²) in [6, 6.07) is 20.7. The van der Waals surface area contributed by atoms with Gasteiger partial charge < -0.3 is 10.6 Å². The zero-order valence-electron chi connectivity index (χ0n) is 19.0. The number of para-hydroxylation sites is 1. The molecular weight excluding hydrogens is 447 g/mol. The van der Waals surface area contributed by atoms with Gasteiger partial charge in [-0.3, -0.25) is 18.6 Å². The SMILES string of the molecule is CCn1c(=O)c2ccccc2n2c(CNc3ccc(C(=O)NCc4ccccc4F)cc3)nnc12. The van der Waals surface area contributed by atoms with E-state index in [9.17, 15) is 14.0 Å². The second-order valence-corrected chi connectivity index (χ2v) is 8.02. The van der Waals surface area contributed by atoms with Crippen molar-refractivity contribution in [2.75, 3.05) is 5.32 Å². The number of rotatable bonds is 7. The normalized spacial score (nSPS) is 11.1. The summed E-state index contributed by atoms with van der Waals surface area (Å²) in [4.78, 5) is 25.2. The lowest BCUT2D eigenvalue weighted by atomic mass is 10.1. The van der Waals surface area contributed by atoms with Gasteiger partial charge in [0.05, 0.1) is 17.4 Å². The second kappa shape index (κ2) is 9.38. The quantitative estimate of drug-likeness (QED) is 0.378. The summed E-state index contributed by atoms with van der Waals surface area (Å²) in [5.74, 6) is 0.518. The lowest BCUT2D eigenvalue weighted by molar-refractivity contribution is 0.0950. The summed E-state index contributed by atoms with van der Waals surface area (Å²) < 4.78 is 17.2. The van der Waals surface area contributed by atoms with Crippen molar-refractivity contribution in [1.82, 2.24) is 24.5 Å². The Morgan fingerprint density at radius 3 is 2.46 bits per heavy atom. The summed E-state index contributed by atoms with van der Waals surface area (Å²) >= 11 is 0. The molecule has 5 rings (SSSR count). The molecule has 3 aromatic carbocycles. The average Bonchev–Trinajstić information content (AvgIpc) is 3.31. The zero-order valence-corrected chi connectivity index (χ0v) is 19.0. The molecule has 176 valence electrons. The van der Waals surface area contributed by atoms with Crippen LogP contribution in [-0.2, 0) is 19.6 Å². The fourth-order valence-corrected chi connectivity index (χ4v) is 4.05. The van der Waals surface area contributed by atoms with Crippen molar-refractivity contribution >= 4 is 28.3 Å². The Labute approximate surface area is 200 Å². The smallest absolute Gasteiger partial charge is 0.262 e. The van der Waals surface area contributed by atoms with Crippen LogP contribution in [-0.4, -0.2) is 25.1 Å². The highest BCUT2D eigenvalue weighted by molar-refractivity contribution is 5.94. The van der Waals surface area contributed by atoms with Crippen LogP contribution in [0.4, 0.5) is 10.1 Å². The molecule has 1 amide bonds. The minimum atomic E-state index is -0.350. The van der Waals surface area contributed by atoms with Gasteiger partial charge in [0.25, 0.3) is 11.5 Å². The van der Waals surface area contributed by atoms with Crippen molar-refractivity contribution in [3.63, 3.8) is 0 Å². The molecule has 0 aliphatic heterocycles. The first-order valence-corrected chi connectivity index (χ1v) is 11.3. The highest BCUT2D eigenvalue weighted by atomic mass is 19.1. The Morgan fingerprint density at radius 2 is 1.69 bits per heavy atom. The zero-order chi connectivity index (χ0) is 24.4. The predicted molar refractivity (Wildman–Crippen MR) is 132 cm³/mol. The molecule has 0 spiro atoms. The number of amides is 1. The maximum Gasteiger partial charge on any atom is 0.262 e. The molecule has 9 heteroatoms. The van der Waals surface area contributed by atoms with Gasteiger partial charge in [-0.05, 0) is 49.4 Å². The van der Waals surface area contributed by atoms with Gasteiger partial charge in [-0.1, -0.05) is 30.3 Å². The summed E-state index contributed by atoms with van der Waals surface area (Å²) in [6.07, 6.45) is 0. The molecule has 0 saturated heterocycles. The molecule has 5 aromatic rings. The standard InChI is InChI=1S/C26H23FN6O2/c1-2-32-25(35)20-8-4-6-10-22(20)33-23(30-31-26(32)33)16-28-19-13-11-17(12-14-19)24(34)29-15-18-7-3-5-9-21(18)27/h3-14,28H,2,15-16H2,1H3,(H,29,34). The van der Waals surface area contributed by atoms with Gasteiger partial charge in [-0.2, -0.15) is 0 Å². The van der Waals surface area contributed by atoms with E-state index in [0.717, 1.165) is 11.2 Å². The number of aryl methyl sites for hydroxylation is 1. The van der Waals surface area contributed by atoms with Crippen LogP contribution in [0, 0.1) is 5.82 Å². The number of nitrogens with zero attached hydrogens (tertiary/aromatic N) is 4. The van der Waals surface area contributed by atoms with Gasteiger partial charge in [-0.25, -0.2) is 4.39 Å². The van der Waals surface area contributed by atoms with Crippen molar-refractivity contribution in [3.05, 3.63) is 106 Å². The Morgan fingerprint density at radius 1 is 0.943 bits per heavy atom. The van der Waals surface area contributed by atoms with Crippen molar-refractivity contribution in [3.8, 4) is 0 Å². The van der Waals surface area contributed by atoms with Crippen LogP contribution in [0.5, 0.6) is 0 Å². The molecule has 8 nitrogen and oxygen atoms in total. The van der Waals surface area contributed by atoms with Crippen molar-refractivity contribution in [2.24, 2.45) is 0 Å². The number of anilines is 1. The van der Waals surface area contributed by atoms with E-state index >= 15 is 0 Å². The molecule has 2 N–H and O–H groups in total. The minimum absolute atomic E-state index is 0.0913. The Kier molecular flexibility index (Phi) is 5.97. The molecule has 0 saturated carbocycles. The van der Waals surface area contributed by atoms with E-state index in [1.165, 1.54) is 6.07 Å². The monoisotopic (exact) mass is 470 g/mol. The van der Waals surface area contributed by atoms with Gasteiger partial charge in [0.15, 0.2) is 5.82 Å². The first-order valence-electron chi connectivity index (χ1n) is 11.3. The number of carbonyl (C=O) groups excluding carboxylic acids is 1. The highest BCUT2D eigenvalue weighted by Crippen LogP contribution is 2.16. The maximum absolute atomic E-state index is 13.8. The molecule has 2 heterocycles. The number of carbonyl (C=O) groups is 1. The van der Waals surface area contributed by atoms with Crippen LogP contribution in [0.3, 0.4) is 0 Å². The number of benzene rings is 3. The van der Waals surface area contributed by atoms with Crippen molar-refractivity contribution in [1.29, 1.82) is 0 Å². The topological polar surface area (TPSA) is 93.3 Å². The van der Waals surface area contributed by atoms with Crippen LogP contribution in [0.15, 0.2) is 77.6 Å². The lowest BCUT2D eigenvalue weighted by Gasteiger charge is -2.11. The van der Waals surface area contributed by atoms with Crippen molar-refractivity contribution < 1.29 is 9.18 Å². The van der Waals surface area contributed by atoms with Crippen LogP contribution < -0.4 is 16.2 Å². The van der Waals surface area contributed by atoms with Crippen LogP contribution in [0.25, 0.3) is 16.7 Å². The third-order valence-corrected chi connectivity index (χ3v) is 5.89. The molecule has 35 heavy (non-hydrogen) atoms. The highest BCUT2D eigenvalue weighted by Gasteiger charge is 2.15. The second-order valence-electron chi connectivity index (χ2n) is 8.02. The molecule has 0 fully saturated rings. The van der Waals surface area contributed by atoms with E-state index < -0.39 is 0 Å². The number of halogens is 1. The fraction of sp³-hybridized carbons (Fsp3) is 0.154. The molecule has 0 bridgehead atoms. The average molecular weight is 471 g/mol. The molecular formula is C26H23FN6O2. The molecule has 0 unspecified atom stereocenters. The van der Waals surface area contributed by atoms with E-state index in [-0.39, 0.29) is 23.8 Å². The van der Waals surface area contributed by atoms with E-state index in [1.807, 2.05) is 29.5 Å². The first kappa shape index (κ1) is 22.3. The number of nitrogens with one attached hydrogen (secondary N) is 2. The van der Waals surface area contributed by atoms with Crippen molar-refractivity contribution in [2.45, 2.75) is 26.6 Å². The third kappa shape index (κ3) is 4.23. The lowest BCUT2D eigenvalue weighted by Crippen LogP contribution is -2.23. The third-order valence-electron chi connectivity index (χ3n) is 5.89. The largest absolute Gasteiger partial charge is 0.378 e. The minimum Gasteiger partial charge on any atom is -0.378 e. The molecule has 0 aliphatic rings. The summed E-state index contributed by atoms with van der Waals surface area (Å²) in [5.41, 5.74) is 2.35. The van der Waals surface area contributed by atoms with E-state index in [4.69, 9.17) is 0 Å². The van der Waals surface area contributed by atoms with Crippen LogP contribution in [0.1, 0.15) is 28.7 Å². The fourth-order valence-electron chi connectivity index (χ4n) is 4.05. The van der Waals surface area contributed by atoms with Gasteiger partial charge in [0.2, 0.25) is 5.78 Å². The van der Waals surface area contributed by atoms with Gasteiger partial charge in [-0.15, -0.1) is 10.2 Å². The van der Waals surface area contributed by atoms with Crippen LogP contribution in [0.2, 0.25) is 0 Å². The predicted octanol–water partition coefficient (Wildman–Crippen LogP) is 3.75. The van der Waals surface area contributed by atoms with Gasteiger partial charge >= 0.3 is 0 Å². The number of fused-ring (bicyclic) bond motifs is 3. The van der Waals surface area contributed by atoms with Gasteiger partial charge in [0.1, 0.15) is 5.82 Å². The number of hydrogen-bond acceptors (Lipinski definition) is 5. The summed E-state index contributed by atoms with van der Waals surface area (Å²) in [6.45, 7) is 2.87. The van der Waals surface area contributed by atoms with E-state index in [2.05, 4.69) is 20.8 Å². The van der Waals surface area contributed by atoms with E-state index in [0.29, 0.717) is 41.2 Å². The van der Waals surface area contributed by atoms with Gasteiger partial charge in [0, 0.05) is 29.9 Å². The Balaban J connectivity index is 1.32. The summed E-state index contributed by atoms with van der Waals surface area (Å²) in [7, 11) is 0. The first-order chi connectivity index (χ1) is 17.1. The number of hydrogen-bond donors (Lipinski definition) is 2. The molecule has 0 radical (unpaired) electrons. The molecule has 0 atom stereocenters. The summed E-state index contributed by atoms with van der Waals surface area (Å²) in [5, 5.41) is 15.2. The van der Waals surface area contributed by atoms with E-state index in [1.54, 1.807) is 53.1 Å². The Bertz CT molecular complexity index is 1590. The van der Waals surface area contributed by atoms with Crippen LogP contribution >= 0.6 is 0 Å². The number of aromatic nitrogens is 4. The maximum atomic E-state index is 13.8. The Hall–Kier alpha value is -4.53. The molecule has 2 aromatic heterocycles. The molecule has 0 aliphatic carbocycles.